The van der Waals surface area contributed by atoms with Gasteiger partial charge in [-0.25, -0.2) is 4.79 Å². The topological polar surface area (TPSA) is 55.8 Å². The molecule has 0 saturated carbocycles. The van der Waals surface area contributed by atoms with Crippen LogP contribution in [0, 0.1) is 0 Å². The summed E-state index contributed by atoms with van der Waals surface area (Å²) in [5.74, 6) is -0.0914. The van der Waals surface area contributed by atoms with Crippen molar-refractivity contribution < 1.29 is 19.4 Å². The van der Waals surface area contributed by atoms with Crippen LogP contribution in [-0.4, -0.2) is 30.1 Å². The first-order valence-corrected chi connectivity index (χ1v) is 6.60. The highest BCUT2D eigenvalue weighted by atomic mass is 16.7. The lowest BCUT2D eigenvalue weighted by Gasteiger charge is -2.24. The quantitative estimate of drug-likeness (QED) is 0.765. The molecule has 0 saturated heterocycles. The van der Waals surface area contributed by atoms with Crippen LogP contribution in [0.4, 0.5) is 4.79 Å². The third-order valence-electron chi connectivity index (χ3n) is 3.22. The molecule has 0 aliphatic carbocycles. The molecule has 3 atom stereocenters. The van der Waals surface area contributed by atoms with Crippen molar-refractivity contribution in [1.29, 1.82) is 0 Å². The first kappa shape index (κ1) is 15.5. The van der Waals surface area contributed by atoms with E-state index in [-0.39, 0.29) is 12.0 Å². The van der Waals surface area contributed by atoms with Gasteiger partial charge in [0.25, 0.3) is 0 Å². The summed E-state index contributed by atoms with van der Waals surface area (Å²) in [6.45, 7) is 6.27. The summed E-state index contributed by atoms with van der Waals surface area (Å²) < 4.78 is 10.6. The Hall–Kier alpha value is -1.55. The summed E-state index contributed by atoms with van der Waals surface area (Å²) in [5, 5.41) is 8.74. The van der Waals surface area contributed by atoms with Crippen LogP contribution >= 0.6 is 0 Å². The van der Waals surface area contributed by atoms with Crippen LogP contribution in [-0.2, 0) is 9.47 Å². The maximum absolute atomic E-state index is 10.7. The first-order valence-electron chi connectivity index (χ1n) is 6.60. The highest BCUT2D eigenvalue weighted by Crippen LogP contribution is 2.23. The fourth-order valence-electron chi connectivity index (χ4n) is 1.83. The fraction of sp³-hybridized carbons (Fsp3) is 0.533. The molecule has 19 heavy (non-hydrogen) atoms. The molecule has 0 radical (unpaired) electrons. The summed E-state index contributed by atoms with van der Waals surface area (Å²) in [5.41, 5.74) is 1.03. The zero-order valence-electron chi connectivity index (χ0n) is 11.7. The molecule has 4 heteroatoms. The Morgan fingerprint density at radius 1 is 1.26 bits per heavy atom. The lowest BCUT2D eigenvalue weighted by Crippen LogP contribution is -2.27. The summed E-state index contributed by atoms with van der Waals surface area (Å²) in [7, 11) is 0. The minimum atomic E-state index is -1.25. The maximum atomic E-state index is 10.7. The van der Waals surface area contributed by atoms with Crippen molar-refractivity contribution in [3.05, 3.63) is 35.9 Å². The number of hydrogen-bond acceptors (Lipinski definition) is 3. The van der Waals surface area contributed by atoms with Crippen LogP contribution in [0.1, 0.15) is 38.7 Å². The molecule has 0 aromatic heterocycles. The summed E-state index contributed by atoms with van der Waals surface area (Å²) >= 11 is 0. The highest BCUT2D eigenvalue weighted by molar-refractivity contribution is 5.57. The average Bonchev–Trinajstić information content (AvgIpc) is 2.39. The van der Waals surface area contributed by atoms with Gasteiger partial charge < -0.3 is 14.6 Å². The molecule has 1 aromatic carbocycles. The van der Waals surface area contributed by atoms with Gasteiger partial charge in [-0.2, -0.15) is 0 Å². The second-order valence-electron chi connectivity index (χ2n) is 4.66. The normalized spacial score (nSPS) is 15.5. The van der Waals surface area contributed by atoms with Gasteiger partial charge in [0.1, 0.15) is 6.10 Å². The minimum absolute atomic E-state index is 0.0914. The van der Waals surface area contributed by atoms with E-state index in [9.17, 15) is 4.79 Å². The predicted octanol–water partition coefficient (Wildman–Crippen LogP) is 3.67. The number of hydrogen-bond donors (Lipinski definition) is 1. The minimum Gasteiger partial charge on any atom is -0.450 e. The number of benzene rings is 1. The average molecular weight is 266 g/mol. The van der Waals surface area contributed by atoms with Crippen molar-refractivity contribution in [3.63, 3.8) is 0 Å². The molecule has 0 bridgehead atoms. The molecule has 3 unspecified atom stereocenters. The number of ether oxygens (including phenoxy) is 2. The molecular weight excluding hydrogens is 244 g/mol. The van der Waals surface area contributed by atoms with Crippen LogP contribution in [0.15, 0.2) is 30.3 Å². The molecule has 0 aliphatic heterocycles. The van der Waals surface area contributed by atoms with Crippen molar-refractivity contribution >= 4 is 6.16 Å². The van der Waals surface area contributed by atoms with Crippen molar-refractivity contribution in [2.24, 2.45) is 0 Å². The molecular formula is C15H22O4. The number of rotatable bonds is 7. The van der Waals surface area contributed by atoms with Gasteiger partial charge in [0, 0.05) is 5.92 Å². The summed E-state index contributed by atoms with van der Waals surface area (Å²) in [4.78, 5) is 10.7. The van der Waals surface area contributed by atoms with Crippen LogP contribution in [0.25, 0.3) is 0 Å². The van der Waals surface area contributed by atoms with Gasteiger partial charge in [-0.3, -0.25) is 0 Å². The van der Waals surface area contributed by atoms with E-state index in [4.69, 9.17) is 14.6 Å². The molecule has 0 amide bonds. The van der Waals surface area contributed by atoms with E-state index < -0.39 is 12.3 Å². The standard InChI is InChI=1S/C15H22O4/c1-4-11(2)18-10-14(12(3)19-15(16)17)13-8-6-5-7-9-13/h5-9,11-12,14H,4,10H2,1-3H3,(H,16,17). The summed E-state index contributed by atoms with van der Waals surface area (Å²) in [6.07, 6.45) is -0.612. The lowest BCUT2D eigenvalue weighted by molar-refractivity contribution is 0.00365. The molecule has 1 rings (SSSR count). The Bertz CT molecular complexity index is 377. The van der Waals surface area contributed by atoms with Gasteiger partial charge in [0.15, 0.2) is 0 Å². The zero-order valence-corrected chi connectivity index (χ0v) is 11.7. The van der Waals surface area contributed by atoms with E-state index in [1.807, 2.05) is 37.3 Å². The SMILES string of the molecule is CCC(C)OCC(c1ccccc1)C(C)OC(=O)O. The first-order chi connectivity index (χ1) is 9.04. The van der Waals surface area contributed by atoms with Gasteiger partial charge in [0.05, 0.1) is 12.7 Å². The Labute approximate surface area is 114 Å². The molecule has 1 N–H and O–H groups in total. The van der Waals surface area contributed by atoms with Gasteiger partial charge >= 0.3 is 6.16 Å². The number of carbonyl (C=O) groups is 1. The Morgan fingerprint density at radius 2 is 1.89 bits per heavy atom. The second-order valence-corrected chi connectivity index (χ2v) is 4.66. The van der Waals surface area contributed by atoms with E-state index >= 15 is 0 Å². The van der Waals surface area contributed by atoms with Crippen LogP contribution in [0.5, 0.6) is 0 Å². The highest BCUT2D eigenvalue weighted by Gasteiger charge is 2.23. The van der Waals surface area contributed by atoms with Gasteiger partial charge in [0.2, 0.25) is 0 Å². The smallest absolute Gasteiger partial charge is 0.450 e. The Morgan fingerprint density at radius 3 is 2.42 bits per heavy atom. The molecule has 4 nitrogen and oxygen atoms in total. The Kier molecular flexibility index (Phi) is 6.36. The van der Waals surface area contributed by atoms with Crippen LogP contribution in [0.3, 0.4) is 0 Å². The van der Waals surface area contributed by atoms with E-state index in [2.05, 4.69) is 6.92 Å². The third kappa shape index (κ3) is 5.30. The fourth-order valence-corrected chi connectivity index (χ4v) is 1.83. The molecule has 0 spiro atoms. The molecule has 0 aliphatic rings. The lowest BCUT2D eigenvalue weighted by atomic mass is 9.95. The van der Waals surface area contributed by atoms with Crippen LogP contribution in [0.2, 0.25) is 0 Å². The van der Waals surface area contributed by atoms with Gasteiger partial charge in [-0.15, -0.1) is 0 Å². The molecule has 1 aromatic rings. The summed E-state index contributed by atoms with van der Waals surface area (Å²) in [6, 6.07) is 9.72. The van der Waals surface area contributed by atoms with E-state index in [1.165, 1.54) is 0 Å². The number of carboxylic acid groups (broad SMARTS) is 1. The largest absolute Gasteiger partial charge is 0.506 e. The predicted molar refractivity (Wildman–Crippen MR) is 73.5 cm³/mol. The van der Waals surface area contributed by atoms with Crippen molar-refractivity contribution in [2.45, 2.75) is 45.3 Å². The van der Waals surface area contributed by atoms with E-state index in [1.54, 1.807) is 6.92 Å². The van der Waals surface area contributed by atoms with Crippen LogP contribution < -0.4 is 0 Å². The molecule has 0 heterocycles. The second kappa shape index (κ2) is 7.79. The van der Waals surface area contributed by atoms with Gasteiger partial charge in [-0.05, 0) is 25.8 Å². The van der Waals surface area contributed by atoms with E-state index in [0.717, 1.165) is 12.0 Å². The van der Waals surface area contributed by atoms with Crippen molar-refractivity contribution in [3.8, 4) is 0 Å². The molecule has 0 fully saturated rings. The molecule has 106 valence electrons. The zero-order chi connectivity index (χ0) is 14.3. The maximum Gasteiger partial charge on any atom is 0.506 e. The third-order valence-corrected chi connectivity index (χ3v) is 3.22. The Balaban J connectivity index is 2.76. The van der Waals surface area contributed by atoms with Gasteiger partial charge in [-0.1, -0.05) is 37.3 Å². The van der Waals surface area contributed by atoms with Crippen molar-refractivity contribution in [1.82, 2.24) is 0 Å². The van der Waals surface area contributed by atoms with Crippen molar-refractivity contribution in [2.75, 3.05) is 6.61 Å². The monoisotopic (exact) mass is 266 g/mol. The van der Waals surface area contributed by atoms with E-state index in [0.29, 0.717) is 6.61 Å².